The summed E-state index contributed by atoms with van der Waals surface area (Å²) < 4.78 is 0. The van der Waals surface area contributed by atoms with Crippen LogP contribution in [0.3, 0.4) is 0 Å². The minimum Gasteiger partial charge on any atom is -0.382 e. The number of nitrogens with one attached hydrogen (secondary N) is 1. The van der Waals surface area contributed by atoms with Crippen LogP contribution in [0.25, 0.3) is 0 Å². The average molecular weight is 230 g/mol. The Morgan fingerprint density at radius 3 is 2.62 bits per heavy atom. The molecule has 80 valence electrons. The lowest BCUT2D eigenvalue weighted by atomic mass is 10.3. The number of pyridine rings is 2. The van der Waals surface area contributed by atoms with Crippen LogP contribution >= 0.6 is 11.8 Å². The average Bonchev–Trinajstić information content (AvgIpc) is 2.30. The standard InChI is InChI=1S/C11H10N4S/c12-11(13)8-4-3-6-10(15-8)16-9-5-1-2-7-14-9/h1-7H,(H3,12,13). The zero-order valence-corrected chi connectivity index (χ0v) is 9.24. The fourth-order valence-electron chi connectivity index (χ4n) is 1.14. The first-order valence-electron chi connectivity index (χ1n) is 4.66. The SMILES string of the molecule is N=C(N)c1cccc(Sc2ccccn2)n1. The van der Waals surface area contributed by atoms with Gasteiger partial charge in [-0.05, 0) is 24.3 Å². The van der Waals surface area contributed by atoms with Crippen LogP contribution in [0.15, 0.2) is 52.6 Å². The van der Waals surface area contributed by atoms with E-state index in [1.807, 2.05) is 30.3 Å². The second-order valence-electron chi connectivity index (χ2n) is 3.04. The molecule has 2 rings (SSSR count). The molecule has 0 radical (unpaired) electrons. The molecule has 0 aliphatic carbocycles. The molecule has 16 heavy (non-hydrogen) atoms. The van der Waals surface area contributed by atoms with Gasteiger partial charge in [-0.1, -0.05) is 23.9 Å². The summed E-state index contributed by atoms with van der Waals surface area (Å²) in [6, 6.07) is 11.1. The molecule has 4 nitrogen and oxygen atoms in total. The summed E-state index contributed by atoms with van der Waals surface area (Å²) in [5.41, 5.74) is 5.86. The molecule has 0 fully saturated rings. The van der Waals surface area contributed by atoms with Gasteiger partial charge in [0.2, 0.25) is 0 Å². The van der Waals surface area contributed by atoms with Crippen molar-refractivity contribution in [1.82, 2.24) is 9.97 Å². The third-order valence-corrected chi connectivity index (χ3v) is 2.73. The molecule has 0 saturated carbocycles. The Balaban J connectivity index is 2.22. The number of hydrogen-bond acceptors (Lipinski definition) is 4. The molecule has 0 unspecified atom stereocenters. The predicted molar refractivity (Wildman–Crippen MR) is 63.6 cm³/mol. The van der Waals surface area contributed by atoms with Crippen LogP contribution in [-0.4, -0.2) is 15.8 Å². The van der Waals surface area contributed by atoms with E-state index in [1.165, 1.54) is 11.8 Å². The van der Waals surface area contributed by atoms with Crippen LogP contribution in [0.2, 0.25) is 0 Å². The smallest absolute Gasteiger partial charge is 0.141 e. The number of aromatic nitrogens is 2. The number of amidine groups is 1. The third kappa shape index (κ3) is 2.58. The number of nitrogens with zero attached hydrogens (tertiary/aromatic N) is 2. The summed E-state index contributed by atoms with van der Waals surface area (Å²) in [6.07, 6.45) is 1.73. The molecule has 0 aromatic carbocycles. The summed E-state index contributed by atoms with van der Waals surface area (Å²) >= 11 is 1.44. The molecule has 2 aromatic rings. The predicted octanol–water partition coefficient (Wildman–Crippen LogP) is 1.91. The van der Waals surface area contributed by atoms with Crippen molar-refractivity contribution >= 4 is 17.6 Å². The van der Waals surface area contributed by atoms with Crippen molar-refractivity contribution in [1.29, 1.82) is 5.41 Å². The van der Waals surface area contributed by atoms with Crippen molar-refractivity contribution in [2.75, 3.05) is 0 Å². The van der Waals surface area contributed by atoms with Crippen molar-refractivity contribution in [3.63, 3.8) is 0 Å². The van der Waals surface area contributed by atoms with Crippen LogP contribution in [-0.2, 0) is 0 Å². The lowest BCUT2D eigenvalue weighted by molar-refractivity contribution is 1.08. The number of rotatable bonds is 3. The zero-order chi connectivity index (χ0) is 11.4. The molecule has 0 bridgehead atoms. The van der Waals surface area contributed by atoms with Crippen LogP contribution in [0, 0.1) is 5.41 Å². The van der Waals surface area contributed by atoms with Gasteiger partial charge in [0.25, 0.3) is 0 Å². The van der Waals surface area contributed by atoms with Gasteiger partial charge in [-0.15, -0.1) is 0 Å². The third-order valence-electron chi connectivity index (χ3n) is 1.85. The van der Waals surface area contributed by atoms with Crippen LogP contribution < -0.4 is 5.73 Å². The highest BCUT2D eigenvalue weighted by Gasteiger charge is 2.02. The Bertz CT molecular complexity index is 498. The highest BCUT2D eigenvalue weighted by atomic mass is 32.2. The van der Waals surface area contributed by atoms with E-state index in [2.05, 4.69) is 9.97 Å². The second kappa shape index (κ2) is 4.76. The molecular weight excluding hydrogens is 220 g/mol. The summed E-state index contributed by atoms with van der Waals surface area (Å²) in [6.45, 7) is 0. The maximum atomic E-state index is 7.30. The summed E-state index contributed by atoms with van der Waals surface area (Å²) in [4.78, 5) is 8.43. The normalized spacial score (nSPS) is 10.0. The molecule has 0 aliphatic rings. The van der Waals surface area contributed by atoms with Gasteiger partial charge in [0.15, 0.2) is 0 Å². The molecule has 5 heteroatoms. The number of nitrogen functional groups attached to an aromatic ring is 1. The lowest BCUT2D eigenvalue weighted by Crippen LogP contribution is -2.12. The van der Waals surface area contributed by atoms with Crippen LogP contribution in [0.4, 0.5) is 0 Å². The molecule has 0 spiro atoms. The molecule has 0 atom stereocenters. The Labute approximate surface area is 97.4 Å². The maximum Gasteiger partial charge on any atom is 0.141 e. The minimum absolute atomic E-state index is 0.0246. The lowest BCUT2D eigenvalue weighted by Gasteiger charge is -2.01. The molecule has 3 N–H and O–H groups in total. The Kier molecular flexibility index (Phi) is 3.16. The van der Waals surface area contributed by atoms with E-state index in [0.717, 1.165) is 10.1 Å². The van der Waals surface area contributed by atoms with Crippen molar-refractivity contribution < 1.29 is 0 Å². The quantitative estimate of drug-likeness (QED) is 0.624. The van der Waals surface area contributed by atoms with Crippen LogP contribution in [0.1, 0.15) is 5.69 Å². The highest BCUT2D eigenvalue weighted by Crippen LogP contribution is 2.23. The molecule has 2 heterocycles. The first kappa shape index (κ1) is 10.6. The highest BCUT2D eigenvalue weighted by molar-refractivity contribution is 7.99. The Morgan fingerprint density at radius 2 is 1.94 bits per heavy atom. The van der Waals surface area contributed by atoms with E-state index < -0.39 is 0 Å². The largest absolute Gasteiger partial charge is 0.382 e. The topological polar surface area (TPSA) is 75.7 Å². The summed E-state index contributed by atoms with van der Waals surface area (Å²) in [5.74, 6) is -0.0246. The van der Waals surface area contributed by atoms with E-state index in [4.69, 9.17) is 11.1 Å². The first-order chi connectivity index (χ1) is 7.75. The van der Waals surface area contributed by atoms with E-state index in [1.54, 1.807) is 12.3 Å². The summed E-state index contributed by atoms with van der Waals surface area (Å²) in [7, 11) is 0. The van der Waals surface area contributed by atoms with Gasteiger partial charge < -0.3 is 5.73 Å². The van der Waals surface area contributed by atoms with Gasteiger partial charge in [-0.2, -0.15) is 0 Å². The van der Waals surface area contributed by atoms with E-state index in [9.17, 15) is 0 Å². The summed E-state index contributed by atoms with van der Waals surface area (Å²) in [5, 5.41) is 8.96. The van der Waals surface area contributed by atoms with E-state index in [0.29, 0.717) is 5.69 Å². The fraction of sp³-hybridized carbons (Fsp3) is 0. The minimum atomic E-state index is -0.0246. The Morgan fingerprint density at radius 1 is 1.12 bits per heavy atom. The van der Waals surface area contributed by atoms with Crippen LogP contribution in [0.5, 0.6) is 0 Å². The van der Waals surface area contributed by atoms with Gasteiger partial charge in [0.1, 0.15) is 21.6 Å². The van der Waals surface area contributed by atoms with Gasteiger partial charge in [-0.25, -0.2) is 9.97 Å². The van der Waals surface area contributed by atoms with Crippen molar-refractivity contribution in [2.45, 2.75) is 10.1 Å². The van der Waals surface area contributed by atoms with Crippen molar-refractivity contribution in [3.05, 3.63) is 48.3 Å². The molecule has 2 aromatic heterocycles. The van der Waals surface area contributed by atoms with Gasteiger partial charge in [-0.3, -0.25) is 5.41 Å². The Hall–Kier alpha value is -1.88. The molecular formula is C11H10N4S. The fourth-order valence-corrected chi connectivity index (χ4v) is 1.90. The first-order valence-corrected chi connectivity index (χ1v) is 5.48. The maximum absolute atomic E-state index is 7.30. The molecule has 0 amide bonds. The molecule has 0 saturated heterocycles. The van der Waals surface area contributed by atoms with Gasteiger partial charge >= 0.3 is 0 Å². The number of hydrogen-bond donors (Lipinski definition) is 2. The molecule has 0 aliphatic heterocycles. The van der Waals surface area contributed by atoms with Gasteiger partial charge in [0.05, 0.1) is 0 Å². The zero-order valence-electron chi connectivity index (χ0n) is 8.42. The monoisotopic (exact) mass is 230 g/mol. The second-order valence-corrected chi connectivity index (χ2v) is 4.09. The van der Waals surface area contributed by atoms with E-state index in [-0.39, 0.29) is 5.84 Å². The van der Waals surface area contributed by atoms with Gasteiger partial charge in [0, 0.05) is 6.20 Å². The van der Waals surface area contributed by atoms with E-state index >= 15 is 0 Å². The number of nitrogens with two attached hydrogens (primary N) is 1. The van der Waals surface area contributed by atoms with Crippen molar-refractivity contribution in [2.24, 2.45) is 5.73 Å². The van der Waals surface area contributed by atoms with Crippen molar-refractivity contribution in [3.8, 4) is 0 Å².